The highest BCUT2D eigenvalue weighted by molar-refractivity contribution is 6.02. The summed E-state index contributed by atoms with van der Waals surface area (Å²) in [4.78, 5) is 12.3. The Morgan fingerprint density at radius 2 is 1.80 bits per heavy atom. The summed E-state index contributed by atoms with van der Waals surface area (Å²) in [6.45, 7) is 1.73. The zero-order valence-corrected chi connectivity index (χ0v) is 16.2. The fourth-order valence-corrected chi connectivity index (χ4v) is 3.01. The van der Waals surface area contributed by atoms with Crippen LogP contribution in [0.2, 0.25) is 0 Å². The summed E-state index contributed by atoms with van der Waals surface area (Å²) >= 11 is 0. The van der Waals surface area contributed by atoms with Crippen LogP contribution >= 0.6 is 0 Å². The van der Waals surface area contributed by atoms with Crippen LogP contribution in [0.15, 0.2) is 78.9 Å². The van der Waals surface area contributed by atoms with Crippen molar-refractivity contribution in [2.45, 2.75) is 6.92 Å². The number of halogens is 1. The van der Waals surface area contributed by atoms with Gasteiger partial charge in [0.2, 0.25) is 5.91 Å². The number of nitrogens with zero attached hydrogens (tertiary/aromatic N) is 4. The van der Waals surface area contributed by atoms with Gasteiger partial charge in [-0.2, -0.15) is 4.68 Å². The van der Waals surface area contributed by atoms with E-state index in [0.717, 1.165) is 16.7 Å². The molecule has 0 aliphatic carbocycles. The molecular weight excluding hydrogens is 381 g/mol. The number of benzene rings is 3. The summed E-state index contributed by atoms with van der Waals surface area (Å²) < 4.78 is 15.6. The van der Waals surface area contributed by atoms with Gasteiger partial charge in [0.25, 0.3) is 0 Å². The lowest BCUT2D eigenvalue weighted by Gasteiger charge is -2.07. The molecule has 4 aromatic rings. The average Bonchev–Trinajstić information content (AvgIpc) is 3.20. The Kier molecular flexibility index (Phi) is 5.43. The highest BCUT2D eigenvalue weighted by atomic mass is 19.1. The first-order chi connectivity index (χ1) is 14.6. The van der Waals surface area contributed by atoms with Crippen LogP contribution < -0.4 is 5.32 Å². The number of hydrogen-bond acceptors (Lipinski definition) is 4. The lowest BCUT2D eigenvalue weighted by Crippen LogP contribution is -2.10. The van der Waals surface area contributed by atoms with Crippen molar-refractivity contribution in [3.05, 3.63) is 96.1 Å². The molecule has 0 atom stereocenters. The lowest BCUT2D eigenvalue weighted by molar-refractivity contribution is -0.111. The third-order valence-electron chi connectivity index (χ3n) is 4.50. The summed E-state index contributed by atoms with van der Waals surface area (Å²) in [5.74, 6) is -0.431. The van der Waals surface area contributed by atoms with E-state index in [1.807, 2.05) is 54.6 Å². The second-order valence-corrected chi connectivity index (χ2v) is 6.62. The zero-order valence-electron chi connectivity index (χ0n) is 16.2. The van der Waals surface area contributed by atoms with Gasteiger partial charge in [-0.25, -0.2) is 4.39 Å². The van der Waals surface area contributed by atoms with E-state index in [2.05, 4.69) is 20.8 Å². The van der Waals surface area contributed by atoms with Crippen molar-refractivity contribution in [3.63, 3.8) is 0 Å². The van der Waals surface area contributed by atoms with Crippen molar-refractivity contribution >= 4 is 17.7 Å². The standard InChI is InChI=1S/C23H18FN5O/c1-16-26-27-28-29(16)20-11-12-21(24)22(15-20)25-23(30)13-10-17-6-5-9-19(14-17)18-7-3-2-4-8-18/h2-15H,1H3,(H,25,30)/b13-10+. The number of amides is 1. The van der Waals surface area contributed by atoms with Crippen LogP contribution in [-0.4, -0.2) is 26.1 Å². The third-order valence-corrected chi connectivity index (χ3v) is 4.50. The van der Waals surface area contributed by atoms with Gasteiger partial charge in [0, 0.05) is 6.08 Å². The highest BCUT2D eigenvalue weighted by Gasteiger charge is 2.10. The SMILES string of the molecule is Cc1nnnn1-c1ccc(F)c(NC(=O)/C=C/c2cccc(-c3ccccc3)c2)c1. The van der Waals surface area contributed by atoms with Crippen molar-refractivity contribution in [2.75, 3.05) is 5.32 Å². The largest absolute Gasteiger partial charge is 0.320 e. The topological polar surface area (TPSA) is 72.7 Å². The molecule has 0 bridgehead atoms. The van der Waals surface area contributed by atoms with Crippen LogP contribution in [0.25, 0.3) is 22.9 Å². The number of tetrazole rings is 1. The summed E-state index contributed by atoms with van der Waals surface area (Å²) in [5.41, 5.74) is 3.61. The number of anilines is 1. The predicted molar refractivity (Wildman–Crippen MR) is 113 cm³/mol. The molecule has 0 fully saturated rings. The van der Waals surface area contributed by atoms with Gasteiger partial charge in [-0.1, -0.05) is 48.5 Å². The minimum absolute atomic E-state index is 0.0510. The normalized spacial score (nSPS) is 11.0. The molecule has 1 N–H and O–H groups in total. The molecule has 3 aromatic carbocycles. The van der Waals surface area contributed by atoms with Crippen molar-refractivity contribution in [2.24, 2.45) is 0 Å². The van der Waals surface area contributed by atoms with E-state index in [1.54, 1.807) is 19.1 Å². The van der Waals surface area contributed by atoms with E-state index in [0.29, 0.717) is 11.5 Å². The van der Waals surface area contributed by atoms with Gasteiger partial charge in [-0.15, -0.1) is 5.10 Å². The smallest absolute Gasteiger partial charge is 0.248 e. The van der Waals surface area contributed by atoms with E-state index in [1.165, 1.54) is 22.9 Å². The van der Waals surface area contributed by atoms with Gasteiger partial charge < -0.3 is 5.32 Å². The zero-order chi connectivity index (χ0) is 20.9. The van der Waals surface area contributed by atoms with E-state index in [4.69, 9.17) is 0 Å². The molecule has 1 amide bonds. The van der Waals surface area contributed by atoms with Crippen LogP contribution in [0.5, 0.6) is 0 Å². The predicted octanol–water partition coefficient (Wildman–Crippen LogP) is 4.43. The number of carbonyl (C=O) groups excluding carboxylic acids is 1. The second-order valence-electron chi connectivity index (χ2n) is 6.62. The number of carbonyl (C=O) groups is 1. The summed E-state index contributed by atoms with van der Waals surface area (Å²) in [6, 6.07) is 22.1. The summed E-state index contributed by atoms with van der Waals surface area (Å²) in [6.07, 6.45) is 3.06. The molecule has 7 heteroatoms. The van der Waals surface area contributed by atoms with Crippen molar-refractivity contribution in [1.29, 1.82) is 0 Å². The van der Waals surface area contributed by atoms with E-state index < -0.39 is 11.7 Å². The molecule has 4 rings (SSSR count). The van der Waals surface area contributed by atoms with Gasteiger partial charge >= 0.3 is 0 Å². The Hall–Kier alpha value is -4.13. The Morgan fingerprint density at radius 3 is 2.57 bits per heavy atom. The second kappa shape index (κ2) is 8.48. The molecule has 1 aromatic heterocycles. The number of aromatic nitrogens is 4. The molecule has 0 saturated carbocycles. The molecule has 6 nitrogen and oxygen atoms in total. The van der Waals surface area contributed by atoms with Crippen LogP contribution in [0.4, 0.5) is 10.1 Å². The minimum Gasteiger partial charge on any atom is -0.320 e. The lowest BCUT2D eigenvalue weighted by atomic mass is 10.0. The first-order valence-electron chi connectivity index (χ1n) is 9.29. The fraction of sp³-hybridized carbons (Fsp3) is 0.0435. The number of nitrogens with one attached hydrogen (secondary N) is 1. The average molecular weight is 399 g/mol. The molecule has 148 valence electrons. The first kappa shape index (κ1) is 19.2. The Bertz CT molecular complexity index is 1220. The molecule has 0 saturated heterocycles. The van der Waals surface area contributed by atoms with Crippen molar-refractivity contribution in [3.8, 4) is 16.8 Å². The maximum atomic E-state index is 14.2. The van der Waals surface area contributed by atoms with E-state index in [-0.39, 0.29) is 5.69 Å². The number of aryl methyl sites for hydroxylation is 1. The monoisotopic (exact) mass is 399 g/mol. The summed E-state index contributed by atoms with van der Waals surface area (Å²) in [7, 11) is 0. The van der Waals surface area contributed by atoms with Gasteiger partial charge in [0.15, 0.2) is 5.82 Å². The van der Waals surface area contributed by atoms with Gasteiger partial charge in [0.1, 0.15) is 5.82 Å². The maximum Gasteiger partial charge on any atom is 0.248 e. The number of rotatable bonds is 5. The molecule has 0 radical (unpaired) electrons. The fourth-order valence-electron chi connectivity index (χ4n) is 3.01. The maximum absolute atomic E-state index is 14.2. The minimum atomic E-state index is -0.544. The van der Waals surface area contributed by atoms with E-state index >= 15 is 0 Å². The third kappa shape index (κ3) is 4.30. The Balaban J connectivity index is 1.50. The highest BCUT2D eigenvalue weighted by Crippen LogP contribution is 2.21. The van der Waals surface area contributed by atoms with Crippen LogP contribution in [0, 0.1) is 12.7 Å². The quantitative estimate of drug-likeness (QED) is 0.504. The summed E-state index contributed by atoms with van der Waals surface area (Å²) in [5, 5.41) is 13.8. The van der Waals surface area contributed by atoms with Crippen LogP contribution in [-0.2, 0) is 4.79 Å². The first-order valence-corrected chi connectivity index (χ1v) is 9.29. The Morgan fingerprint density at radius 1 is 1.00 bits per heavy atom. The van der Waals surface area contributed by atoms with Crippen LogP contribution in [0.3, 0.4) is 0 Å². The van der Waals surface area contributed by atoms with Crippen LogP contribution in [0.1, 0.15) is 11.4 Å². The molecule has 0 aliphatic heterocycles. The molecular formula is C23H18FN5O. The van der Waals surface area contributed by atoms with E-state index in [9.17, 15) is 9.18 Å². The van der Waals surface area contributed by atoms with Gasteiger partial charge in [0.05, 0.1) is 11.4 Å². The molecule has 1 heterocycles. The van der Waals surface area contributed by atoms with Gasteiger partial charge in [-0.05, 0) is 64.4 Å². The molecule has 0 aliphatic rings. The Labute approximate surface area is 172 Å². The van der Waals surface area contributed by atoms with Crippen molar-refractivity contribution < 1.29 is 9.18 Å². The molecule has 0 unspecified atom stereocenters. The van der Waals surface area contributed by atoms with Crippen molar-refractivity contribution in [1.82, 2.24) is 20.2 Å². The molecule has 30 heavy (non-hydrogen) atoms. The number of hydrogen-bond donors (Lipinski definition) is 1. The molecule has 0 spiro atoms. The van der Waals surface area contributed by atoms with Gasteiger partial charge in [-0.3, -0.25) is 4.79 Å².